The average molecular weight is 625 g/mol. The van der Waals surface area contributed by atoms with Gasteiger partial charge in [-0.1, -0.05) is 78.9 Å². The maximum Gasteiger partial charge on any atom is 0.160 e. The van der Waals surface area contributed by atoms with Gasteiger partial charge in [0.2, 0.25) is 0 Å². The maximum atomic E-state index is 9.71. The summed E-state index contributed by atoms with van der Waals surface area (Å²) in [6, 6.07) is 54.4. The molecule has 5 heteroatoms. The molecule has 0 fully saturated rings. The van der Waals surface area contributed by atoms with Gasteiger partial charge in [-0.2, -0.15) is 10.5 Å². The summed E-state index contributed by atoms with van der Waals surface area (Å²) in [6.07, 6.45) is 0. The molecule has 0 spiro atoms. The molecular weight excluding hydrogens is 601 g/mol. The third-order valence-electron chi connectivity index (χ3n) is 9.78. The number of rotatable bonds is 3. The van der Waals surface area contributed by atoms with Gasteiger partial charge in [0.25, 0.3) is 0 Å². The van der Waals surface area contributed by atoms with Crippen molar-refractivity contribution < 1.29 is 4.42 Å². The number of hydrogen-bond donors (Lipinski definition) is 0. The van der Waals surface area contributed by atoms with Gasteiger partial charge in [-0.3, -0.25) is 0 Å². The van der Waals surface area contributed by atoms with Crippen LogP contribution in [0.25, 0.3) is 88.1 Å². The van der Waals surface area contributed by atoms with Gasteiger partial charge >= 0.3 is 0 Å². The molecule has 0 aliphatic carbocycles. The molecular formula is C44H24N4O. The minimum atomic E-state index is 0.603. The molecule has 0 bridgehead atoms. The van der Waals surface area contributed by atoms with Crippen molar-refractivity contribution in [3.8, 4) is 34.6 Å². The van der Waals surface area contributed by atoms with E-state index in [0.29, 0.717) is 11.1 Å². The van der Waals surface area contributed by atoms with Gasteiger partial charge in [0.15, 0.2) is 5.58 Å². The number of benzene rings is 7. The van der Waals surface area contributed by atoms with Crippen molar-refractivity contribution in [1.82, 2.24) is 9.13 Å². The highest BCUT2D eigenvalue weighted by Crippen LogP contribution is 2.43. The Balaban J connectivity index is 1.31. The zero-order valence-electron chi connectivity index (χ0n) is 26.1. The Hall–Kier alpha value is -7.08. The Morgan fingerprint density at radius 3 is 1.67 bits per heavy atom. The van der Waals surface area contributed by atoms with E-state index in [9.17, 15) is 10.5 Å². The Morgan fingerprint density at radius 2 is 0.959 bits per heavy atom. The second kappa shape index (κ2) is 10.2. The van der Waals surface area contributed by atoms with Crippen molar-refractivity contribution in [3.05, 3.63) is 157 Å². The minimum absolute atomic E-state index is 0.603. The van der Waals surface area contributed by atoms with E-state index in [2.05, 4.69) is 137 Å². The highest BCUT2D eigenvalue weighted by Gasteiger charge is 2.22. The SMILES string of the molecule is N#Cc1ccc2oc3c(ccc4c5ccccc5n(-c5ccccc5-c5ccccc5-n5c6ccccc6c6cc(C#N)ccc65)c43)c2c1. The standard InChI is InChI=1S/C44H24N4O/c45-25-27-17-21-41-35(23-27)32-12-4-6-14-38(32)47(41)37-13-5-1-9-29(37)30-10-2-7-15-39(30)48-40-16-8-3-11-31(40)33-19-20-34-36-24-28(26-46)18-22-42(36)49-44(34)43(33)48/h1-24H. The van der Waals surface area contributed by atoms with Gasteiger partial charge < -0.3 is 13.6 Å². The summed E-state index contributed by atoms with van der Waals surface area (Å²) in [5, 5.41) is 25.6. The van der Waals surface area contributed by atoms with Crippen LogP contribution < -0.4 is 0 Å². The van der Waals surface area contributed by atoms with Crippen LogP contribution in [-0.2, 0) is 0 Å². The molecule has 0 aliphatic rings. The molecule has 0 radical (unpaired) electrons. The molecule has 0 unspecified atom stereocenters. The molecule has 10 rings (SSSR count). The van der Waals surface area contributed by atoms with Crippen LogP contribution in [0.2, 0.25) is 0 Å². The summed E-state index contributed by atoms with van der Waals surface area (Å²) in [5.41, 5.74) is 11.2. The Bertz CT molecular complexity index is 3090. The number of aromatic nitrogens is 2. The third-order valence-corrected chi connectivity index (χ3v) is 9.78. The lowest BCUT2D eigenvalue weighted by Gasteiger charge is -2.18. The fourth-order valence-corrected chi connectivity index (χ4v) is 7.70. The Kier molecular flexibility index (Phi) is 5.64. The average Bonchev–Trinajstić information content (AvgIpc) is 3.82. The third kappa shape index (κ3) is 3.79. The number of furan rings is 1. The van der Waals surface area contributed by atoms with Crippen LogP contribution in [-0.4, -0.2) is 9.13 Å². The highest BCUT2D eigenvalue weighted by atomic mass is 16.3. The van der Waals surface area contributed by atoms with E-state index in [-0.39, 0.29) is 0 Å². The predicted molar refractivity (Wildman–Crippen MR) is 197 cm³/mol. The van der Waals surface area contributed by atoms with Crippen LogP contribution in [0.1, 0.15) is 11.1 Å². The van der Waals surface area contributed by atoms with Crippen LogP contribution in [0.3, 0.4) is 0 Å². The zero-order valence-corrected chi connectivity index (χ0v) is 26.1. The fourth-order valence-electron chi connectivity index (χ4n) is 7.70. The van der Waals surface area contributed by atoms with E-state index in [1.165, 1.54) is 0 Å². The fraction of sp³-hybridized carbons (Fsp3) is 0. The molecule has 0 amide bonds. The largest absolute Gasteiger partial charge is 0.454 e. The molecule has 0 saturated heterocycles. The molecule has 0 saturated carbocycles. The summed E-state index contributed by atoms with van der Waals surface area (Å²) in [6.45, 7) is 0. The minimum Gasteiger partial charge on any atom is -0.454 e. The van der Waals surface area contributed by atoms with Crippen molar-refractivity contribution in [2.24, 2.45) is 0 Å². The smallest absolute Gasteiger partial charge is 0.160 e. The van der Waals surface area contributed by atoms with E-state index < -0.39 is 0 Å². The first-order chi connectivity index (χ1) is 24.2. The van der Waals surface area contributed by atoms with Gasteiger partial charge in [-0.25, -0.2) is 0 Å². The van der Waals surface area contributed by atoms with Gasteiger partial charge in [-0.15, -0.1) is 0 Å². The first kappa shape index (κ1) is 27.1. The molecule has 3 aromatic heterocycles. The molecule has 0 atom stereocenters. The first-order valence-electron chi connectivity index (χ1n) is 16.1. The van der Waals surface area contributed by atoms with E-state index in [0.717, 1.165) is 88.1 Å². The number of para-hydroxylation sites is 4. The van der Waals surface area contributed by atoms with Crippen LogP contribution in [0.4, 0.5) is 0 Å². The molecule has 49 heavy (non-hydrogen) atoms. The molecule has 0 N–H and O–H groups in total. The van der Waals surface area contributed by atoms with Gasteiger partial charge in [0, 0.05) is 43.4 Å². The molecule has 226 valence electrons. The highest BCUT2D eigenvalue weighted by molar-refractivity contribution is 6.22. The maximum absolute atomic E-state index is 9.71. The quantitative estimate of drug-likeness (QED) is 0.196. The lowest BCUT2D eigenvalue weighted by Crippen LogP contribution is -2.01. The molecule has 0 aliphatic heterocycles. The normalized spacial score (nSPS) is 11.6. The Labute approximate surface area is 280 Å². The Morgan fingerprint density at radius 1 is 0.429 bits per heavy atom. The van der Waals surface area contributed by atoms with Crippen LogP contribution >= 0.6 is 0 Å². The molecule has 5 nitrogen and oxygen atoms in total. The predicted octanol–water partition coefficient (Wildman–Crippen LogP) is 11.2. The van der Waals surface area contributed by atoms with Crippen LogP contribution in [0.5, 0.6) is 0 Å². The van der Waals surface area contributed by atoms with Gasteiger partial charge in [0.05, 0.1) is 56.7 Å². The van der Waals surface area contributed by atoms with E-state index in [1.54, 1.807) is 6.07 Å². The van der Waals surface area contributed by atoms with Gasteiger partial charge in [-0.05, 0) is 66.7 Å². The summed E-state index contributed by atoms with van der Waals surface area (Å²) >= 11 is 0. The van der Waals surface area contributed by atoms with Crippen molar-refractivity contribution >= 4 is 65.6 Å². The monoisotopic (exact) mass is 624 g/mol. The van der Waals surface area contributed by atoms with E-state index >= 15 is 0 Å². The summed E-state index contributed by atoms with van der Waals surface area (Å²) in [4.78, 5) is 0. The van der Waals surface area contributed by atoms with E-state index in [4.69, 9.17) is 4.42 Å². The first-order valence-corrected chi connectivity index (χ1v) is 16.1. The summed E-state index contributed by atoms with van der Waals surface area (Å²) in [5.74, 6) is 0. The van der Waals surface area contributed by atoms with Crippen LogP contribution in [0, 0.1) is 22.7 Å². The number of nitriles is 2. The summed E-state index contributed by atoms with van der Waals surface area (Å²) < 4.78 is 11.3. The van der Waals surface area contributed by atoms with Crippen molar-refractivity contribution in [2.75, 3.05) is 0 Å². The van der Waals surface area contributed by atoms with Crippen molar-refractivity contribution in [2.45, 2.75) is 0 Å². The van der Waals surface area contributed by atoms with Gasteiger partial charge in [0.1, 0.15) is 5.58 Å². The molecule has 3 heterocycles. The topological polar surface area (TPSA) is 70.6 Å². The molecule has 10 aromatic rings. The summed E-state index contributed by atoms with van der Waals surface area (Å²) in [7, 11) is 0. The lowest BCUT2D eigenvalue weighted by atomic mass is 10.0. The number of nitrogens with zero attached hydrogens (tertiary/aromatic N) is 4. The molecule has 7 aromatic carbocycles. The zero-order chi connectivity index (χ0) is 32.6. The number of fused-ring (bicyclic) bond motifs is 10. The second-order valence-electron chi connectivity index (χ2n) is 12.3. The van der Waals surface area contributed by atoms with Crippen LogP contribution in [0.15, 0.2) is 150 Å². The number of hydrogen-bond acceptors (Lipinski definition) is 3. The van der Waals surface area contributed by atoms with Crippen molar-refractivity contribution in [3.63, 3.8) is 0 Å². The lowest BCUT2D eigenvalue weighted by molar-refractivity contribution is 0.671. The van der Waals surface area contributed by atoms with Crippen molar-refractivity contribution in [1.29, 1.82) is 10.5 Å². The van der Waals surface area contributed by atoms with E-state index in [1.807, 2.05) is 24.3 Å². The second-order valence-corrected chi connectivity index (χ2v) is 12.3.